The number of nitrogens with one attached hydrogen (secondary N) is 2. The summed E-state index contributed by atoms with van der Waals surface area (Å²) >= 11 is 0. The number of anilines is 1. The van der Waals surface area contributed by atoms with E-state index in [9.17, 15) is 19.5 Å². The molecule has 2 bridgehead atoms. The van der Waals surface area contributed by atoms with Gasteiger partial charge in [0, 0.05) is 12.2 Å². The maximum Gasteiger partial charge on any atom is 0.245 e. The Morgan fingerprint density at radius 1 is 1.10 bits per heavy atom. The normalized spacial score (nSPS) is 27.4. The molecule has 9 heteroatoms. The van der Waals surface area contributed by atoms with E-state index in [2.05, 4.69) is 17.6 Å². The Morgan fingerprint density at radius 2 is 1.85 bits per heavy atom. The van der Waals surface area contributed by atoms with Crippen LogP contribution in [0.1, 0.15) is 57.6 Å². The van der Waals surface area contributed by atoms with Crippen LogP contribution in [0.15, 0.2) is 54.6 Å². The number of likely N-dealkylation sites (tertiary alicyclic amines) is 1. The first-order valence-electron chi connectivity index (χ1n) is 14.4. The zero-order chi connectivity index (χ0) is 28.3. The maximum atomic E-state index is 14.3. The third-order valence-electron chi connectivity index (χ3n) is 8.49. The molecule has 9 nitrogen and oxygen atoms in total. The van der Waals surface area contributed by atoms with Crippen molar-refractivity contribution in [3.05, 3.63) is 60.2 Å². The number of nitrogens with zero attached hydrogens (tertiary/aromatic N) is 1. The number of aliphatic hydroxyl groups excluding tert-OH is 1. The van der Waals surface area contributed by atoms with Gasteiger partial charge in [0.15, 0.2) is 0 Å². The van der Waals surface area contributed by atoms with Crippen LogP contribution >= 0.6 is 0 Å². The molecule has 0 saturated carbocycles. The number of fused-ring (bicyclic) bond motifs is 1. The van der Waals surface area contributed by atoms with E-state index in [1.54, 1.807) is 24.3 Å². The van der Waals surface area contributed by atoms with E-state index in [0.717, 1.165) is 24.8 Å². The van der Waals surface area contributed by atoms with E-state index in [0.29, 0.717) is 37.4 Å². The fourth-order valence-corrected chi connectivity index (χ4v) is 6.77. The summed E-state index contributed by atoms with van der Waals surface area (Å²) in [5.41, 5.74) is 0.193. The quantitative estimate of drug-likeness (QED) is 0.349. The summed E-state index contributed by atoms with van der Waals surface area (Å²) in [6.45, 7) is 4.68. The molecular weight excluding hydrogens is 510 g/mol. The molecule has 1 spiro atoms. The monoisotopic (exact) mass is 549 g/mol. The number of unbranched alkanes of at least 4 members (excludes halogenated alkanes) is 2. The molecule has 0 aromatic heterocycles. The number of carbonyl (C=O) groups is 3. The molecule has 2 aromatic rings. The first-order valence-corrected chi connectivity index (χ1v) is 14.4. The van der Waals surface area contributed by atoms with Crippen LogP contribution in [0.3, 0.4) is 0 Å². The van der Waals surface area contributed by atoms with Crippen LogP contribution in [0.25, 0.3) is 0 Å². The van der Waals surface area contributed by atoms with Crippen molar-refractivity contribution in [3.8, 4) is 5.75 Å². The van der Waals surface area contributed by atoms with Crippen LogP contribution in [-0.4, -0.2) is 65.2 Å². The van der Waals surface area contributed by atoms with Crippen molar-refractivity contribution >= 4 is 23.4 Å². The molecule has 2 unspecified atom stereocenters. The Kier molecular flexibility index (Phi) is 8.42. The van der Waals surface area contributed by atoms with E-state index < -0.39 is 35.6 Å². The van der Waals surface area contributed by atoms with Gasteiger partial charge in [0.25, 0.3) is 0 Å². The highest BCUT2D eigenvalue weighted by atomic mass is 16.5. The Morgan fingerprint density at radius 3 is 2.52 bits per heavy atom. The molecule has 2 aromatic carbocycles. The second-order valence-electron chi connectivity index (χ2n) is 10.9. The molecule has 3 amide bonds. The Balaban J connectivity index is 1.46. The first kappa shape index (κ1) is 28.1. The Labute approximate surface area is 235 Å². The van der Waals surface area contributed by atoms with Crippen molar-refractivity contribution in [2.75, 3.05) is 25.1 Å². The molecule has 3 N–H and O–H groups in total. The molecule has 3 fully saturated rings. The summed E-state index contributed by atoms with van der Waals surface area (Å²) in [6, 6.07) is 14.6. The zero-order valence-corrected chi connectivity index (χ0v) is 23.2. The van der Waals surface area contributed by atoms with Crippen molar-refractivity contribution in [1.29, 1.82) is 0 Å². The minimum atomic E-state index is -1.13. The molecule has 3 aliphatic rings. The predicted octanol–water partition coefficient (Wildman–Crippen LogP) is 3.44. The molecule has 5 rings (SSSR count). The minimum Gasteiger partial charge on any atom is -0.494 e. The van der Waals surface area contributed by atoms with E-state index >= 15 is 0 Å². The van der Waals surface area contributed by atoms with Gasteiger partial charge in [0.1, 0.15) is 17.4 Å². The van der Waals surface area contributed by atoms with Gasteiger partial charge in [-0.15, -0.1) is 0 Å². The van der Waals surface area contributed by atoms with Crippen molar-refractivity contribution in [2.45, 2.75) is 69.7 Å². The highest BCUT2D eigenvalue weighted by molar-refractivity contribution is 6.02. The average Bonchev–Trinajstić information content (AvgIpc) is 3.61. The first-order chi connectivity index (χ1) is 19.4. The lowest BCUT2D eigenvalue weighted by atomic mass is 9.70. The lowest BCUT2D eigenvalue weighted by Crippen LogP contribution is -2.56. The second-order valence-corrected chi connectivity index (χ2v) is 10.9. The van der Waals surface area contributed by atoms with E-state index in [4.69, 9.17) is 9.47 Å². The van der Waals surface area contributed by atoms with Gasteiger partial charge in [-0.25, -0.2) is 0 Å². The number of hydrogen-bond donors (Lipinski definition) is 3. The number of carbonyl (C=O) groups excluding carboxylic acids is 3. The summed E-state index contributed by atoms with van der Waals surface area (Å²) in [7, 11) is 0. The third kappa shape index (κ3) is 4.97. The summed E-state index contributed by atoms with van der Waals surface area (Å²) in [6.07, 6.45) is 3.45. The van der Waals surface area contributed by atoms with Crippen molar-refractivity contribution in [1.82, 2.24) is 10.2 Å². The maximum absolute atomic E-state index is 14.3. The summed E-state index contributed by atoms with van der Waals surface area (Å²) in [4.78, 5) is 43.3. The topological polar surface area (TPSA) is 117 Å². The number of benzene rings is 2. The van der Waals surface area contributed by atoms with Crippen LogP contribution in [0, 0.1) is 11.8 Å². The number of amides is 3. The zero-order valence-electron chi connectivity index (χ0n) is 23.2. The number of hydrogen-bond acceptors (Lipinski definition) is 6. The van der Waals surface area contributed by atoms with E-state index in [-0.39, 0.29) is 24.3 Å². The van der Waals surface area contributed by atoms with Gasteiger partial charge in [-0.1, -0.05) is 50.1 Å². The Hall–Kier alpha value is -3.43. The predicted molar refractivity (Wildman–Crippen MR) is 149 cm³/mol. The fraction of sp³-hybridized carbons (Fsp3) is 0.516. The summed E-state index contributed by atoms with van der Waals surface area (Å²) in [5.74, 6) is -1.80. The molecule has 0 aliphatic carbocycles. The molecule has 0 radical (unpaired) electrons. The van der Waals surface area contributed by atoms with Crippen LogP contribution in [0.4, 0.5) is 5.69 Å². The van der Waals surface area contributed by atoms with Gasteiger partial charge in [-0.3, -0.25) is 14.4 Å². The summed E-state index contributed by atoms with van der Waals surface area (Å²) in [5, 5.41) is 16.5. The van der Waals surface area contributed by atoms with Crippen molar-refractivity contribution < 1.29 is 29.0 Å². The molecule has 6 atom stereocenters. The van der Waals surface area contributed by atoms with E-state index in [1.165, 1.54) is 4.90 Å². The number of rotatable bonds is 12. The van der Waals surface area contributed by atoms with Gasteiger partial charge in [-0.05, 0) is 56.0 Å². The van der Waals surface area contributed by atoms with Gasteiger partial charge < -0.3 is 30.1 Å². The average molecular weight is 550 g/mol. The van der Waals surface area contributed by atoms with Crippen molar-refractivity contribution in [2.24, 2.45) is 11.8 Å². The molecule has 214 valence electrons. The van der Waals surface area contributed by atoms with Crippen LogP contribution < -0.4 is 15.4 Å². The van der Waals surface area contributed by atoms with E-state index in [1.807, 2.05) is 37.3 Å². The standard InChI is InChI=1S/C31H39N3O6/c1-3-5-9-18-32-29(37)27-31-17-16-24(40-31)25(28(36)33-21-12-14-22(15-13-21)39-4-2)26(31)30(38)34(27)23(19-35)20-10-7-6-8-11-20/h6-8,10-15,23-27,35H,3-5,9,16-19H2,1-2H3,(H,32,37)(H,33,36)/t23-,24+,25-,26+,27?,31?/m1/s1. The molecule has 3 heterocycles. The van der Waals surface area contributed by atoms with Gasteiger partial charge in [-0.2, -0.15) is 0 Å². The number of aliphatic hydroxyl groups is 1. The van der Waals surface area contributed by atoms with Gasteiger partial charge in [0.2, 0.25) is 17.7 Å². The summed E-state index contributed by atoms with van der Waals surface area (Å²) < 4.78 is 12.0. The SMILES string of the molecule is CCCCCNC(=O)C1N([C@H](CO)c2ccccc2)C(=O)[C@@H]2[C@H](C(=O)Nc3ccc(OCC)cc3)[C@@H]3CCC12O3. The molecule has 40 heavy (non-hydrogen) atoms. The van der Waals surface area contributed by atoms with Crippen LogP contribution in [0.2, 0.25) is 0 Å². The highest BCUT2D eigenvalue weighted by Crippen LogP contribution is 2.59. The Bertz CT molecular complexity index is 1210. The van der Waals surface area contributed by atoms with Gasteiger partial charge in [0.05, 0.1) is 37.2 Å². The second kappa shape index (κ2) is 12.0. The highest BCUT2D eigenvalue weighted by Gasteiger charge is 2.75. The van der Waals surface area contributed by atoms with Crippen LogP contribution in [0.5, 0.6) is 5.75 Å². The molecule has 3 saturated heterocycles. The van der Waals surface area contributed by atoms with Gasteiger partial charge >= 0.3 is 0 Å². The third-order valence-corrected chi connectivity index (χ3v) is 8.49. The van der Waals surface area contributed by atoms with Crippen molar-refractivity contribution in [3.63, 3.8) is 0 Å². The largest absolute Gasteiger partial charge is 0.494 e. The lowest BCUT2D eigenvalue weighted by molar-refractivity contribution is -0.145. The molecule has 3 aliphatic heterocycles. The molecular formula is C31H39N3O6. The van der Waals surface area contributed by atoms with Crippen LogP contribution in [-0.2, 0) is 19.1 Å². The smallest absolute Gasteiger partial charge is 0.245 e. The minimum absolute atomic E-state index is 0.297. The lowest BCUT2D eigenvalue weighted by Gasteiger charge is -2.36. The number of ether oxygens (including phenoxy) is 2. The fourth-order valence-electron chi connectivity index (χ4n) is 6.77.